The van der Waals surface area contributed by atoms with Crippen molar-refractivity contribution in [3.05, 3.63) is 70.4 Å². The number of hydrogen-bond acceptors (Lipinski definition) is 4. The molecular formula is C21H21FN2O2S. The van der Waals surface area contributed by atoms with Gasteiger partial charge in [-0.15, -0.1) is 0 Å². The Morgan fingerprint density at radius 2 is 2.00 bits per heavy atom. The van der Waals surface area contributed by atoms with E-state index in [4.69, 9.17) is 4.74 Å². The van der Waals surface area contributed by atoms with E-state index in [0.29, 0.717) is 29.3 Å². The zero-order valence-corrected chi connectivity index (χ0v) is 16.1. The van der Waals surface area contributed by atoms with Crippen LogP contribution in [0.3, 0.4) is 0 Å². The van der Waals surface area contributed by atoms with Crippen LogP contribution >= 0.6 is 11.8 Å². The molecule has 2 aromatic carbocycles. The van der Waals surface area contributed by atoms with Gasteiger partial charge in [-0.05, 0) is 55.4 Å². The zero-order valence-electron chi connectivity index (χ0n) is 15.3. The molecule has 1 aliphatic rings. The van der Waals surface area contributed by atoms with Gasteiger partial charge in [-0.1, -0.05) is 30.3 Å². The quantitative estimate of drug-likeness (QED) is 0.677. The molecule has 3 rings (SSSR count). The minimum atomic E-state index is -0.286. The van der Waals surface area contributed by atoms with Gasteiger partial charge in [0.05, 0.1) is 4.91 Å². The lowest BCUT2D eigenvalue weighted by molar-refractivity contribution is -0.122. The second-order valence-electron chi connectivity index (χ2n) is 5.87. The van der Waals surface area contributed by atoms with E-state index in [-0.39, 0.29) is 18.3 Å². The summed E-state index contributed by atoms with van der Waals surface area (Å²) in [4.78, 5) is 19.2. The van der Waals surface area contributed by atoms with Gasteiger partial charge in [-0.3, -0.25) is 14.7 Å². The van der Waals surface area contributed by atoms with Crippen molar-refractivity contribution < 1.29 is 13.9 Å². The predicted molar refractivity (Wildman–Crippen MR) is 108 cm³/mol. The van der Waals surface area contributed by atoms with Gasteiger partial charge < -0.3 is 4.74 Å². The van der Waals surface area contributed by atoms with Crippen molar-refractivity contribution in [1.29, 1.82) is 0 Å². The average molecular weight is 384 g/mol. The van der Waals surface area contributed by atoms with Crippen molar-refractivity contribution in [2.45, 2.75) is 20.5 Å². The SMILES string of the molecule is CCN=C1S/C(=C/c2cccc(OCc3ccccc3F)c2)C(=O)N1CC. The Kier molecular flexibility index (Phi) is 6.29. The molecule has 1 aliphatic heterocycles. The van der Waals surface area contributed by atoms with Gasteiger partial charge in [-0.2, -0.15) is 0 Å². The van der Waals surface area contributed by atoms with Crippen LogP contribution < -0.4 is 4.74 Å². The molecule has 0 atom stereocenters. The van der Waals surface area contributed by atoms with Crippen LogP contribution in [-0.4, -0.2) is 29.1 Å². The lowest BCUT2D eigenvalue weighted by Gasteiger charge is -2.11. The Morgan fingerprint density at radius 3 is 2.74 bits per heavy atom. The number of hydrogen-bond donors (Lipinski definition) is 0. The minimum Gasteiger partial charge on any atom is -0.489 e. The molecule has 0 N–H and O–H groups in total. The first-order valence-electron chi connectivity index (χ1n) is 8.84. The van der Waals surface area contributed by atoms with Crippen molar-refractivity contribution in [3.8, 4) is 5.75 Å². The summed E-state index contributed by atoms with van der Waals surface area (Å²) in [6.45, 7) is 5.26. The number of thioether (sulfide) groups is 1. The first kappa shape index (κ1) is 19.2. The maximum absolute atomic E-state index is 13.7. The van der Waals surface area contributed by atoms with E-state index in [1.807, 2.05) is 44.2 Å². The third kappa shape index (κ3) is 4.57. The number of halogens is 1. The highest BCUT2D eigenvalue weighted by Gasteiger charge is 2.31. The van der Waals surface area contributed by atoms with Crippen LogP contribution in [0.5, 0.6) is 5.75 Å². The fourth-order valence-electron chi connectivity index (χ4n) is 2.66. The van der Waals surface area contributed by atoms with Crippen molar-refractivity contribution >= 4 is 28.9 Å². The van der Waals surface area contributed by atoms with Crippen molar-refractivity contribution in [2.24, 2.45) is 4.99 Å². The normalized spacial score (nSPS) is 17.1. The highest BCUT2D eigenvalue weighted by atomic mass is 32.2. The van der Waals surface area contributed by atoms with Crippen molar-refractivity contribution in [1.82, 2.24) is 4.90 Å². The van der Waals surface area contributed by atoms with Gasteiger partial charge in [-0.25, -0.2) is 4.39 Å². The molecule has 1 saturated heterocycles. The lowest BCUT2D eigenvalue weighted by atomic mass is 10.2. The van der Waals surface area contributed by atoms with Gasteiger partial charge in [0, 0.05) is 18.7 Å². The fraction of sp³-hybridized carbons (Fsp3) is 0.238. The standard InChI is InChI=1S/C21H21FN2O2S/c1-3-23-21-24(4-2)20(25)19(27-21)13-15-8-7-10-17(12-15)26-14-16-9-5-6-11-18(16)22/h5-13H,3-4,14H2,1-2H3/b19-13+,23-21?. The maximum atomic E-state index is 13.7. The minimum absolute atomic E-state index is 0.0348. The van der Waals surface area contributed by atoms with Gasteiger partial charge in [0.2, 0.25) is 0 Å². The van der Waals surface area contributed by atoms with Crippen molar-refractivity contribution in [3.63, 3.8) is 0 Å². The zero-order chi connectivity index (χ0) is 19.2. The smallest absolute Gasteiger partial charge is 0.266 e. The van der Waals surface area contributed by atoms with Gasteiger partial charge in [0.15, 0.2) is 5.17 Å². The van der Waals surface area contributed by atoms with E-state index in [2.05, 4.69) is 4.99 Å². The second-order valence-corrected chi connectivity index (χ2v) is 6.88. The molecule has 0 unspecified atom stereocenters. The Hall–Kier alpha value is -2.60. The Labute approximate surface area is 162 Å². The van der Waals surface area contributed by atoms with E-state index >= 15 is 0 Å². The number of carbonyl (C=O) groups excluding carboxylic acids is 1. The summed E-state index contributed by atoms with van der Waals surface area (Å²) in [5.74, 6) is 0.302. The van der Waals surface area contributed by atoms with Crippen LogP contribution in [0.15, 0.2) is 58.4 Å². The molecule has 0 saturated carbocycles. The summed E-state index contributed by atoms with van der Waals surface area (Å²) in [6.07, 6.45) is 1.84. The van der Waals surface area contributed by atoms with Gasteiger partial charge >= 0.3 is 0 Å². The van der Waals surface area contributed by atoms with E-state index < -0.39 is 0 Å². The molecular weight excluding hydrogens is 363 g/mol. The Morgan fingerprint density at radius 1 is 1.19 bits per heavy atom. The van der Waals surface area contributed by atoms with Crippen LogP contribution in [-0.2, 0) is 11.4 Å². The number of amides is 1. The summed E-state index contributed by atoms with van der Waals surface area (Å²) >= 11 is 1.39. The molecule has 0 bridgehead atoms. The first-order valence-corrected chi connectivity index (χ1v) is 9.66. The average Bonchev–Trinajstić information content (AvgIpc) is 2.96. The molecule has 0 radical (unpaired) electrons. The molecule has 27 heavy (non-hydrogen) atoms. The third-order valence-corrected chi connectivity index (χ3v) is 5.05. The molecule has 4 nitrogen and oxygen atoms in total. The number of carbonyl (C=O) groups is 1. The van der Waals surface area contributed by atoms with Gasteiger partial charge in [0.25, 0.3) is 5.91 Å². The van der Waals surface area contributed by atoms with Crippen LogP contribution in [0.4, 0.5) is 4.39 Å². The molecule has 1 fully saturated rings. The third-order valence-electron chi connectivity index (χ3n) is 4.01. The number of rotatable bonds is 6. The molecule has 2 aromatic rings. The summed E-state index contributed by atoms with van der Waals surface area (Å²) < 4.78 is 19.4. The molecule has 1 heterocycles. The number of amidine groups is 1. The molecule has 6 heteroatoms. The molecule has 0 aromatic heterocycles. The number of likely N-dealkylation sites (N-methyl/N-ethyl adjacent to an activating group) is 1. The molecule has 1 amide bonds. The first-order chi connectivity index (χ1) is 13.1. The van der Waals surface area contributed by atoms with Crippen LogP contribution in [0, 0.1) is 5.82 Å². The monoisotopic (exact) mass is 384 g/mol. The van der Waals surface area contributed by atoms with Crippen molar-refractivity contribution in [2.75, 3.05) is 13.1 Å². The maximum Gasteiger partial charge on any atom is 0.266 e. The highest BCUT2D eigenvalue weighted by Crippen LogP contribution is 2.32. The van der Waals surface area contributed by atoms with E-state index in [9.17, 15) is 9.18 Å². The highest BCUT2D eigenvalue weighted by molar-refractivity contribution is 8.18. The van der Waals surface area contributed by atoms with E-state index in [1.165, 1.54) is 17.8 Å². The topological polar surface area (TPSA) is 41.9 Å². The lowest BCUT2D eigenvalue weighted by Crippen LogP contribution is -2.28. The predicted octanol–water partition coefficient (Wildman–Crippen LogP) is 4.72. The summed E-state index contributed by atoms with van der Waals surface area (Å²) in [6, 6.07) is 14.0. The number of aliphatic imine (C=N–C) groups is 1. The molecule has 0 spiro atoms. The summed E-state index contributed by atoms with van der Waals surface area (Å²) in [5, 5.41) is 0.739. The number of ether oxygens (including phenoxy) is 1. The summed E-state index contributed by atoms with van der Waals surface area (Å²) in [7, 11) is 0. The molecule has 0 aliphatic carbocycles. The Bertz CT molecular complexity index is 895. The van der Waals surface area contributed by atoms with Crippen LogP contribution in [0.1, 0.15) is 25.0 Å². The summed E-state index contributed by atoms with van der Waals surface area (Å²) in [5.41, 5.74) is 1.35. The van der Waals surface area contributed by atoms with Crippen LogP contribution in [0.2, 0.25) is 0 Å². The number of nitrogens with zero attached hydrogens (tertiary/aromatic N) is 2. The van der Waals surface area contributed by atoms with E-state index in [0.717, 1.165) is 10.7 Å². The van der Waals surface area contributed by atoms with E-state index in [1.54, 1.807) is 23.1 Å². The fourth-order valence-corrected chi connectivity index (χ4v) is 3.77. The Balaban J connectivity index is 1.76. The largest absolute Gasteiger partial charge is 0.489 e. The van der Waals surface area contributed by atoms with Crippen LogP contribution in [0.25, 0.3) is 6.08 Å². The number of benzene rings is 2. The molecule has 140 valence electrons. The van der Waals surface area contributed by atoms with Gasteiger partial charge in [0.1, 0.15) is 18.2 Å². The second kappa shape index (κ2) is 8.86.